The van der Waals surface area contributed by atoms with Crippen LogP contribution in [-0.4, -0.2) is 120 Å². The Hall–Kier alpha value is -5.76. The molecule has 16 nitrogen and oxygen atoms in total. The number of nitrogens with one attached hydrogen (secondary N) is 3. The van der Waals surface area contributed by atoms with E-state index in [1.165, 1.54) is 28.4 Å². The van der Waals surface area contributed by atoms with Gasteiger partial charge in [-0.25, -0.2) is 19.8 Å². The van der Waals surface area contributed by atoms with Crippen LogP contribution in [0.15, 0.2) is 53.7 Å². The summed E-state index contributed by atoms with van der Waals surface area (Å²) in [7, 11) is 5.65. The second-order valence-electron chi connectivity index (χ2n) is 13.7. The van der Waals surface area contributed by atoms with Crippen LogP contribution in [0, 0.1) is 11.8 Å². The van der Waals surface area contributed by atoms with Gasteiger partial charge in [0.05, 0.1) is 61.4 Å². The van der Waals surface area contributed by atoms with Gasteiger partial charge in [0.1, 0.15) is 17.7 Å². The van der Waals surface area contributed by atoms with Gasteiger partial charge in [-0.1, -0.05) is 24.0 Å². The van der Waals surface area contributed by atoms with Crippen LogP contribution in [0.2, 0.25) is 0 Å². The largest absolute Gasteiger partial charge is 0.453 e. The number of carbonyl (C=O) groups excluding carboxylic acids is 3. The Labute approximate surface area is 325 Å². The summed E-state index contributed by atoms with van der Waals surface area (Å²) in [6, 6.07) is 11.5. The maximum Gasteiger partial charge on any atom is 0.407 e. The van der Waals surface area contributed by atoms with E-state index in [1.807, 2.05) is 42.5 Å². The van der Waals surface area contributed by atoms with Gasteiger partial charge in [-0.15, -0.1) is 0 Å². The van der Waals surface area contributed by atoms with Gasteiger partial charge in [-0.05, 0) is 75.4 Å². The lowest BCUT2D eigenvalue weighted by Crippen LogP contribution is -2.54. The number of methoxy groups -OCH3 is 3. The van der Waals surface area contributed by atoms with Crippen LogP contribution >= 0.6 is 0 Å². The third-order valence-corrected chi connectivity index (χ3v) is 10.3. The van der Waals surface area contributed by atoms with Crippen molar-refractivity contribution >= 4 is 35.3 Å². The number of hydrogen-bond donors (Lipinski definition) is 3. The zero-order valence-corrected chi connectivity index (χ0v) is 32.4. The number of H-pyrrole nitrogens is 2. The summed E-state index contributed by atoms with van der Waals surface area (Å²) in [5, 5.41) is 2.61. The third-order valence-electron chi connectivity index (χ3n) is 10.3. The van der Waals surface area contributed by atoms with Crippen LogP contribution in [0.5, 0.6) is 0 Å². The molecular weight excluding hydrogens is 720 g/mol. The summed E-state index contributed by atoms with van der Waals surface area (Å²) in [5.74, 6) is 7.46. The maximum absolute atomic E-state index is 13.6. The smallest absolute Gasteiger partial charge is 0.407 e. The molecule has 2 aromatic carbocycles. The van der Waals surface area contributed by atoms with E-state index in [-0.39, 0.29) is 23.9 Å². The zero-order valence-electron chi connectivity index (χ0n) is 32.4. The van der Waals surface area contributed by atoms with E-state index in [0.29, 0.717) is 24.7 Å². The molecule has 2 saturated heterocycles. The Balaban J connectivity index is 1.12. The van der Waals surface area contributed by atoms with Crippen molar-refractivity contribution in [2.24, 2.45) is 4.99 Å². The minimum absolute atomic E-state index is 0.173. The average molecular weight is 769 g/mol. The summed E-state index contributed by atoms with van der Waals surface area (Å²) in [6.45, 7) is 4.64. The van der Waals surface area contributed by atoms with E-state index in [9.17, 15) is 14.4 Å². The first-order valence-corrected chi connectivity index (χ1v) is 18.5. The van der Waals surface area contributed by atoms with E-state index in [2.05, 4.69) is 42.0 Å². The molecule has 296 valence electrons. The van der Waals surface area contributed by atoms with Crippen LogP contribution < -0.4 is 5.32 Å². The lowest BCUT2D eigenvalue weighted by Gasteiger charge is -2.30. The number of rotatable bonds is 13. The first-order valence-electron chi connectivity index (χ1n) is 18.5. The van der Waals surface area contributed by atoms with Crippen LogP contribution in [0.4, 0.5) is 4.79 Å². The van der Waals surface area contributed by atoms with Gasteiger partial charge < -0.3 is 44.2 Å². The van der Waals surface area contributed by atoms with Crippen molar-refractivity contribution in [1.82, 2.24) is 35.1 Å². The molecule has 4 aromatic rings. The van der Waals surface area contributed by atoms with Gasteiger partial charge in [0.2, 0.25) is 12.3 Å². The molecule has 0 bridgehead atoms. The van der Waals surface area contributed by atoms with Gasteiger partial charge in [0.25, 0.3) is 5.91 Å². The summed E-state index contributed by atoms with van der Waals surface area (Å²) < 4.78 is 15.6. The van der Waals surface area contributed by atoms with Crippen LogP contribution in [0.3, 0.4) is 0 Å². The van der Waals surface area contributed by atoms with E-state index in [4.69, 9.17) is 24.1 Å². The number of fused-ring (bicyclic) bond motifs is 1. The molecule has 4 heterocycles. The normalized spacial score (nSPS) is 19.0. The Kier molecular flexibility index (Phi) is 13.0. The molecule has 2 fully saturated rings. The Bertz CT molecular complexity index is 2090. The van der Waals surface area contributed by atoms with Crippen molar-refractivity contribution < 1.29 is 38.4 Å². The fourth-order valence-electron chi connectivity index (χ4n) is 7.12. The molecule has 0 spiro atoms. The SMILES string of the molecule is COOC=N[C@H](C(=O)N1CCC[C@H]1c1nc2ccc(C#Cc3ccc(-c4cnc([C@@H]5CCCN5C(=O)[C@@H](NC(=O)OC)[C@@H](C)OC)[nH]4)cc3)cc2[nH]1)[C@@H](C)OC. The second-order valence-corrected chi connectivity index (χ2v) is 13.7. The number of aliphatic imine (C=N–C) groups is 1. The van der Waals surface area contributed by atoms with Gasteiger partial charge in [0, 0.05) is 38.4 Å². The standard InChI is InChI=1S/C40H48N8O8/c1-24(52-3)34(42-23-56-55-6)38(49)48-20-8-10-33(48)37-43-29-18-15-27(21-30(29)44-37)12-11-26-13-16-28(17-14-26)31-22-41-36(45-31)32-9-7-19-47(32)39(50)35(25(2)53-4)46-40(51)54-5/h13-18,21-25,32-35H,7-10,19-20H2,1-6H3,(H,41,45)(H,43,44)(H,46,51)/t24-,25-,32+,33+,34+,35+/m1/s1. The molecule has 0 saturated carbocycles. The minimum Gasteiger partial charge on any atom is -0.453 e. The Morgan fingerprint density at radius 2 is 1.54 bits per heavy atom. The maximum atomic E-state index is 13.6. The number of nitrogens with zero attached hydrogens (tertiary/aromatic N) is 5. The van der Waals surface area contributed by atoms with Crippen LogP contribution in [-0.2, 0) is 33.6 Å². The van der Waals surface area contributed by atoms with Gasteiger partial charge >= 0.3 is 6.09 Å². The summed E-state index contributed by atoms with van der Waals surface area (Å²) in [6.07, 6.45) is 4.30. The van der Waals surface area contributed by atoms with Crippen molar-refractivity contribution in [3.05, 3.63) is 71.4 Å². The molecule has 0 aliphatic carbocycles. The quantitative estimate of drug-likeness (QED) is 0.0577. The highest BCUT2D eigenvalue weighted by Gasteiger charge is 2.39. The number of benzene rings is 2. The lowest BCUT2D eigenvalue weighted by atomic mass is 10.1. The van der Waals surface area contributed by atoms with Crippen molar-refractivity contribution in [2.75, 3.05) is 41.5 Å². The Morgan fingerprint density at radius 1 is 0.875 bits per heavy atom. The van der Waals surface area contributed by atoms with E-state index in [0.717, 1.165) is 65.5 Å². The van der Waals surface area contributed by atoms with E-state index in [1.54, 1.807) is 29.8 Å². The predicted molar refractivity (Wildman–Crippen MR) is 206 cm³/mol. The highest BCUT2D eigenvalue weighted by atomic mass is 17.2. The average Bonchev–Trinajstić information content (AvgIpc) is 4.06. The monoisotopic (exact) mass is 768 g/mol. The highest BCUT2D eigenvalue weighted by Crippen LogP contribution is 2.34. The first-order chi connectivity index (χ1) is 27.1. The number of carbonyl (C=O) groups is 3. The topological polar surface area (TPSA) is 186 Å². The molecule has 3 amide bonds. The highest BCUT2D eigenvalue weighted by molar-refractivity contribution is 5.87. The molecule has 2 aliphatic rings. The van der Waals surface area contributed by atoms with Crippen molar-refractivity contribution in [3.8, 4) is 23.1 Å². The number of likely N-dealkylation sites (tertiary alicyclic amines) is 2. The van der Waals surface area contributed by atoms with Crippen molar-refractivity contribution in [1.29, 1.82) is 0 Å². The third kappa shape index (κ3) is 8.86. The van der Waals surface area contributed by atoms with Gasteiger partial charge in [-0.3, -0.25) is 9.59 Å². The zero-order chi connectivity index (χ0) is 39.8. The predicted octanol–water partition coefficient (Wildman–Crippen LogP) is 4.45. The van der Waals surface area contributed by atoms with Gasteiger partial charge in [-0.2, -0.15) is 4.89 Å². The molecule has 3 N–H and O–H groups in total. The number of ether oxygens (including phenoxy) is 3. The molecule has 2 aliphatic heterocycles. The summed E-state index contributed by atoms with van der Waals surface area (Å²) >= 11 is 0. The van der Waals surface area contributed by atoms with Crippen LogP contribution in [0.1, 0.15) is 74.4 Å². The molecule has 6 atom stereocenters. The Morgan fingerprint density at radius 3 is 2.21 bits per heavy atom. The number of hydrogen-bond acceptors (Lipinski definition) is 11. The summed E-state index contributed by atoms with van der Waals surface area (Å²) in [5.41, 5.74) is 5.00. The van der Waals surface area contributed by atoms with Crippen molar-refractivity contribution in [2.45, 2.75) is 75.9 Å². The molecular formula is C40H48N8O8. The van der Waals surface area contributed by atoms with Crippen molar-refractivity contribution in [3.63, 3.8) is 0 Å². The summed E-state index contributed by atoms with van der Waals surface area (Å²) in [4.78, 5) is 72.7. The lowest BCUT2D eigenvalue weighted by molar-refractivity contribution is -0.188. The molecule has 0 unspecified atom stereocenters. The van der Waals surface area contributed by atoms with Crippen LogP contribution in [0.25, 0.3) is 22.3 Å². The second kappa shape index (κ2) is 18.2. The number of amides is 3. The van der Waals surface area contributed by atoms with E-state index >= 15 is 0 Å². The fourth-order valence-corrected chi connectivity index (χ4v) is 7.12. The fraction of sp³-hybridized carbons (Fsp3) is 0.450. The number of aromatic amines is 2. The molecule has 56 heavy (non-hydrogen) atoms. The number of imidazole rings is 2. The minimum atomic E-state index is -0.900. The number of alkyl carbamates (subject to hydrolysis) is 1. The molecule has 16 heteroatoms. The molecule has 0 radical (unpaired) electrons. The number of aromatic nitrogens is 4. The molecule has 6 rings (SSSR count). The van der Waals surface area contributed by atoms with Gasteiger partial charge in [0.15, 0.2) is 6.04 Å². The molecule has 2 aromatic heterocycles. The first kappa shape index (κ1) is 39.9. The van der Waals surface area contributed by atoms with E-state index < -0.39 is 30.4 Å².